The van der Waals surface area contributed by atoms with Crippen LogP contribution in [-0.2, 0) is 11.3 Å². The van der Waals surface area contributed by atoms with Gasteiger partial charge in [0.2, 0.25) is 0 Å². The Morgan fingerprint density at radius 1 is 1.26 bits per heavy atom. The maximum absolute atomic E-state index is 11.6. The molecule has 5 nitrogen and oxygen atoms in total. The molecule has 0 aromatic heterocycles. The highest BCUT2D eigenvalue weighted by Gasteiger charge is 2.23. The maximum atomic E-state index is 11.6. The summed E-state index contributed by atoms with van der Waals surface area (Å²) in [6, 6.07) is 7.30. The van der Waals surface area contributed by atoms with Crippen molar-refractivity contribution in [3.05, 3.63) is 29.8 Å². The molecule has 1 saturated heterocycles. The lowest BCUT2D eigenvalue weighted by molar-refractivity contribution is -0.141. The summed E-state index contributed by atoms with van der Waals surface area (Å²) in [4.78, 5) is 15.5. The molecule has 1 aromatic rings. The predicted molar refractivity (Wildman–Crippen MR) is 71.6 cm³/mol. The smallest absolute Gasteiger partial charge is 0.251 e. The molecule has 19 heavy (non-hydrogen) atoms. The van der Waals surface area contributed by atoms with E-state index in [1.54, 1.807) is 17.0 Å². The van der Waals surface area contributed by atoms with Crippen LogP contribution in [0.5, 0.6) is 5.75 Å². The third kappa shape index (κ3) is 3.45. The molecule has 1 fully saturated rings. The van der Waals surface area contributed by atoms with Crippen molar-refractivity contribution in [3.63, 3.8) is 0 Å². The molecular formula is C14H20N2O3. The van der Waals surface area contributed by atoms with Crippen molar-refractivity contribution in [2.45, 2.75) is 19.6 Å². The molecule has 1 aliphatic heterocycles. The van der Waals surface area contributed by atoms with Gasteiger partial charge in [0, 0.05) is 38.3 Å². The number of aliphatic hydroxyl groups is 1. The Labute approximate surface area is 113 Å². The monoisotopic (exact) mass is 264 g/mol. The Morgan fingerprint density at radius 2 is 1.89 bits per heavy atom. The summed E-state index contributed by atoms with van der Waals surface area (Å²) in [6.07, 6.45) is -0.926. The first-order valence-corrected chi connectivity index (χ1v) is 6.54. The summed E-state index contributed by atoms with van der Waals surface area (Å²) >= 11 is 0. The highest BCUT2D eigenvalue weighted by Crippen LogP contribution is 2.18. The van der Waals surface area contributed by atoms with Gasteiger partial charge in [-0.05, 0) is 13.0 Å². The van der Waals surface area contributed by atoms with E-state index in [0.29, 0.717) is 25.4 Å². The fraction of sp³-hybridized carbons (Fsp3) is 0.500. The minimum atomic E-state index is -0.926. The van der Waals surface area contributed by atoms with Crippen molar-refractivity contribution in [1.29, 1.82) is 0 Å². The largest absolute Gasteiger partial charge is 0.508 e. The number of phenolic OH excluding ortho intramolecular Hbond substituents is 1. The topological polar surface area (TPSA) is 64.0 Å². The zero-order valence-electron chi connectivity index (χ0n) is 11.1. The molecule has 104 valence electrons. The minimum Gasteiger partial charge on any atom is -0.508 e. The normalized spacial score (nSPS) is 18.3. The molecule has 5 heteroatoms. The van der Waals surface area contributed by atoms with Crippen LogP contribution in [0, 0.1) is 0 Å². The highest BCUT2D eigenvalue weighted by molar-refractivity contribution is 5.80. The van der Waals surface area contributed by atoms with Crippen molar-refractivity contribution in [2.24, 2.45) is 0 Å². The molecule has 2 rings (SSSR count). The third-order valence-corrected chi connectivity index (χ3v) is 3.43. The van der Waals surface area contributed by atoms with Crippen LogP contribution in [0.4, 0.5) is 0 Å². The van der Waals surface area contributed by atoms with Crippen LogP contribution < -0.4 is 0 Å². The molecular weight excluding hydrogens is 244 g/mol. The number of piperazine rings is 1. The second kappa shape index (κ2) is 6.04. The molecule has 2 N–H and O–H groups in total. The van der Waals surface area contributed by atoms with E-state index in [2.05, 4.69) is 4.90 Å². The SMILES string of the molecule is CC(O)C(=O)N1CCN(Cc2ccccc2O)CC1. The van der Waals surface area contributed by atoms with Gasteiger partial charge in [-0.15, -0.1) is 0 Å². The second-order valence-corrected chi connectivity index (χ2v) is 4.91. The number of aliphatic hydroxyl groups excluding tert-OH is 1. The number of amides is 1. The zero-order valence-corrected chi connectivity index (χ0v) is 11.1. The number of hydrogen-bond donors (Lipinski definition) is 2. The van der Waals surface area contributed by atoms with Crippen LogP contribution >= 0.6 is 0 Å². The molecule has 0 aliphatic carbocycles. The number of phenols is 1. The van der Waals surface area contributed by atoms with E-state index in [9.17, 15) is 15.0 Å². The van der Waals surface area contributed by atoms with E-state index < -0.39 is 6.10 Å². The maximum Gasteiger partial charge on any atom is 0.251 e. The first kappa shape index (κ1) is 13.8. The molecule has 1 atom stereocenters. The minimum absolute atomic E-state index is 0.206. The second-order valence-electron chi connectivity index (χ2n) is 4.91. The van der Waals surface area contributed by atoms with E-state index in [0.717, 1.165) is 18.7 Å². The van der Waals surface area contributed by atoms with Gasteiger partial charge in [-0.1, -0.05) is 18.2 Å². The van der Waals surface area contributed by atoms with E-state index in [-0.39, 0.29) is 5.91 Å². The number of rotatable bonds is 3. The molecule has 0 saturated carbocycles. The molecule has 0 bridgehead atoms. The molecule has 1 unspecified atom stereocenters. The van der Waals surface area contributed by atoms with E-state index in [1.807, 2.05) is 12.1 Å². The van der Waals surface area contributed by atoms with Crippen LogP contribution in [0.25, 0.3) is 0 Å². The quantitative estimate of drug-likeness (QED) is 0.830. The highest BCUT2D eigenvalue weighted by atomic mass is 16.3. The Balaban J connectivity index is 1.87. The zero-order chi connectivity index (χ0) is 13.8. The summed E-state index contributed by atoms with van der Waals surface area (Å²) in [5.41, 5.74) is 0.901. The Kier molecular flexibility index (Phi) is 4.39. The number of benzene rings is 1. The lowest BCUT2D eigenvalue weighted by Crippen LogP contribution is -2.50. The van der Waals surface area contributed by atoms with E-state index >= 15 is 0 Å². The number of para-hydroxylation sites is 1. The fourth-order valence-electron chi connectivity index (χ4n) is 2.28. The van der Waals surface area contributed by atoms with Gasteiger partial charge in [0.25, 0.3) is 5.91 Å². The van der Waals surface area contributed by atoms with Crippen LogP contribution in [0.3, 0.4) is 0 Å². The lowest BCUT2D eigenvalue weighted by Gasteiger charge is -2.35. The molecule has 1 aromatic carbocycles. The van der Waals surface area contributed by atoms with Gasteiger partial charge >= 0.3 is 0 Å². The lowest BCUT2D eigenvalue weighted by atomic mass is 10.1. The predicted octanol–water partition coefficient (Wildman–Crippen LogP) is 0.417. The van der Waals surface area contributed by atoms with E-state index in [4.69, 9.17) is 0 Å². The van der Waals surface area contributed by atoms with Gasteiger partial charge < -0.3 is 15.1 Å². The fourth-order valence-corrected chi connectivity index (χ4v) is 2.28. The van der Waals surface area contributed by atoms with Crippen LogP contribution in [0.15, 0.2) is 24.3 Å². The van der Waals surface area contributed by atoms with Crippen molar-refractivity contribution in [3.8, 4) is 5.75 Å². The number of carbonyl (C=O) groups excluding carboxylic acids is 1. The van der Waals surface area contributed by atoms with Gasteiger partial charge in [0.15, 0.2) is 0 Å². The number of carbonyl (C=O) groups is 1. The number of aromatic hydroxyl groups is 1. The Hall–Kier alpha value is -1.59. The van der Waals surface area contributed by atoms with Gasteiger partial charge in [-0.2, -0.15) is 0 Å². The molecule has 0 spiro atoms. The number of nitrogens with zero attached hydrogens (tertiary/aromatic N) is 2. The molecule has 1 amide bonds. The van der Waals surface area contributed by atoms with Crippen molar-refractivity contribution in [2.75, 3.05) is 26.2 Å². The van der Waals surface area contributed by atoms with Gasteiger partial charge in [0.05, 0.1) is 0 Å². The van der Waals surface area contributed by atoms with Crippen molar-refractivity contribution >= 4 is 5.91 Å². The Morgan fingerprint density at radius 3 is 2.47 bits per heavy atom. The van der Waals surface area contributed by atoms with Crippen LogP contribution in [0.2, 0.25) is 0 Å². The summed E-state index contributed by atoms with van der Waals surface area (Å²) in [5.74, 6) is 0.104. The van der Waals surface area contributed by atoms with Gasteiger partial charge in [-0.25, -0.2) is 0 Å². The summed E-state index contributed by atoms with van der Waals surface area (Å²) in [7, 11) is 0. The van der Waals surface area contributed by atoms with Crippen LogP contribution in [0.1, 0.15) is 12.5 Å². The third-order valence-electron chi connectivity index (χ3n) is 3.43. The van der Waals surface area contributed by atoms with E-state index in [1.165, 1.54) is 6.92 Å². The standard InChI is InChI=1S/C14H20N2O3/c1-11(17)14(19)16-8-6-15(7-9-16)10-12-4-2-3-5-13(12)18/h2-5,11,17-18H,6-10H2,1H3. The van der Waals surface area contributed by atoms with Crippen LogP contribution in [-0.4, -0.2) is 58.2 Å². The average Bonchev–Trinajstić information content (AvgIpc) is 2.41. The van der Waals surface area contributed by atoms with Gasteiger partial charge in [-0.3, -0.25) is 9.69 Å². The Bertz CT molecular complexity index is 440. The van der Waals surface area contributed by atoms with Crippen molar-refractivity contribution in [1.82, 2.24) is 9.80 Å². The van der Waals surface area contributed by atoms with Crippen molar-refractivity contribution < 1.29 is 15.0 Å². The molecule has 1 heterocycles. The summed E-state index contributed by atoms with van der Waals surface area (Å²) in [6.45, 7) is 4.94. The summed E-state index contributed by atoms with van der Waals surface area (Å²) < 4.78 is 0. The number of hydrogen-bond acceptors (Lipinski definition) is 4. The molecule has 0 radical (unpaired) electrons. The summed E-state index contributed by atoms with van der Waals surface area (Å²) in [5, 5.41) is 19.0. The average molecular weight is 264 g/mol. The van der Waals surface area contributed by atoms with Gasteiger partial charge in [0.1, 0.15) is 11.9 Å². The first-order valence-electron chi connectivity index (χ1n) is 6.54. The first-order chi connectivity index (χ1) is 9.08. The molecule has 1 aliphatic rings.